The van der Waals surface area contributed by atoms with Gasteiger partial charge in [-0.1, -0.05) is 0 Å². The molecule has 0 aromatic rings. The van der Waals surface area contributed by atoms with E-state index < -0.39 is 0 Å². The molecule has 64 valence electrons. The van der Waals surface area contributed by atoms with E-state index in [4.69, 9.17) is 4.74 Å². The maximum Gasteiger partial charge on any atom is 0.0535 e. The Morgan fingerprint density at radius 2 is 2.27 bits per heavy atom. The third-order valence-corrected chi connectivity index (χ3v) is 3.04. The summed E-state index contributed by atoms with van der Waals surface area (Å²) in [5.74, 6) is 0. The molecule has 2 rings (SSSR count). The fourth-order valence-corrected chi connectivity index (χ4v) is 2.43. The summed E-state index contributed by atoms with van der Waals surface area (Å²) < 4.78 is 5.46. The van der Waals surface area contributed by atoms with Gasteiger partial charge in [0.2, 0.25) is 0 Å². The molecule has 0 N–H and O–H groups in total. The largest absolute Gasteiger partial charge is 0.381 e. The van der Waals surface area contributed by atoms with E-state index in [1.807, 2.05) is 0 Å². The maximum absolute atomic E-state index is 5.46. The minimum Gasteiger partial charge on any atom is -0.381 e. The van der Waals surface area contributed by atoms with Crippen LogP contribution in [0.2, 0.25) is 0 Å². The van der Waals surface area contributed by atoms with Crippen LogP contribution >= 0.6 is 0 Å². The van der Waals surface area contributed by atoms with E-state index in [9.17, 15) is 0 Å². The van der Waals surface area contributed by atoms with Crippen LogP contribution in [-0.4, -0.2) is 38.3 Å². The molecular formula is C9H17NO. The molecule has 2 aliphatic rings. The third kappa shape index (κ3) is 1.42. The van der Waals surface area contributed by atoms with Crippen molar-refractivity contribution in [2.75, 3.05) is 33.4 Å². The summed E-state index contributed by atoms with van der Waals surface area (Å²) in [6.45, 7) is 4.54. The van der Waals surface area contributed by atoms with Crippen LogP contribution in [0.4, 0.5) is 0 Å². The zero-order valence-electron chi connectivity index (χ0n) is 7.31. The number of piperidine rings is 1. The van der Waals surface area contributed by atoms with Crippen molar-refractivity contribution < 1.29 is 4.74 Å². The van der Waals surface area contributed by atoms with E-state index >= 15 is 0 Å². The van der Waals surface area contributed by atoms with E-state index in [1.165, 1.54) is 32.4 Å². The van der Waals surface area contributed by atoms with Crippen LogP contribution in [-0.2, 0) is 4.74 Å². The SMILES string of the molecule is CN1CCCC2(CCOC2)C1. The highest BCUT2D eigenvalue weighted by molar-refractivity contribution is 4.88. The summed E-state index contributed by atoms with van der Waals surface area (Å²) in [7, 11) is 2.22. The first-order valence-electron chi connectivity index (χ1n) is 4.57. The standard InChI is InChI=1S/C9H17NO/c1-10-5-2-3-9(7-10)4-6-11-8-9/h2-8H2,1H3. The molecule has 0 amide bonds. The lowest BCUT2D eigenvalue weighted by Crippen LogP contribution is -2.41. The van der Waals surface area contributed by atoms with Gasteiger partial charge in [-0.05, 0) is 32.9 Å². The van der Waals surface area contributed by atoms with Gasteiger partial charge in [0.25, 0.3) is 0 Å². The molecule has 2 fully saturated rings. The minimum atomic E-state index is 0.549. The van der Waals surface area contributed by atoms with Crippen molar-refractivity contribution >= 4 is 0 Å². The molecule has 2 heteroatoms. The highest BCUT2D eigenvalue weighted by Crippen LogP contribution is 2.36. The third-order valence-electron chi connectivity index (χ3n) is 3.04. The van der Waals surface area contributed by atoms with E-state index in [0.717, 1.165) is 13.2 Å². The van der Waals surface area contributed by atoms with Crippen LogP contribution in [0.3, 0.4) is 0 Å². The molecule has 0 aromatic heterocycles. The van der Waals surface area contributed by atoms with Crippen LogP contribution in [0.15, 0.2) is 0 Å². The molecule has 0 aromatic carbocycles. The van der Waals surface area contributed by atoms with Gasteiger partial charge in [0, 0.05) is 18.6 Å². The molecule has 11 heavy (non-hydrogen) atoms. The number of nitrogens with zero attached hydrogens (tertiary/aromatic N) is 1. The first kappa shape index (κ1) is 7.56. The monoisotopic (exact) mass is 155 g/mol. The van der Waals surface area contributed by atoms with Gasteiger partial charge in [-0.25, -0.2) is 0 Å². The molecule has 2 nitrogen and oxygen atoms in total. The zero-order chi connectivity index (χ0) is 7.73. The number of rotatable bonds is 0. The van der Waals surface area contributed by atoms with Crippen molar-refractivity contribution in [2.24, 2.45) is 5.41 Å². The Kier molecular flexibility index (Phi) is 1.90. The smallest absolute Gasteiger partial charge is 0.0535 e. The minimum absolute atomic E-state index is 0.549. The molecule has 1 atom stereocenters. The lowest BCUT2D eigenvalue weighted by molar-refractivity contribution is 0.0825. The normalized spacial score (nSPS) is 40.1. The predicted molar refractivity (Wildman–Crippen MR) is 44.6 cm³/mol. The quantitative estimate of drug-likeness (QED) is 0.520. The van der Waals surface area contributed by atoms with Crippen LogP contribution in [0.1, 0.15) is 19.3 Å². The Balaban J connectivity index is 2.00. The molecule has 2 aliphatic heterocycles. The number of likely N-dealkylation sites (tertiary alicyclic amines) is 1. The molecule has 0 aliphatic carbocycles. The van der Waals surface area contributed by atoms with Crippen LogP contribution in [0.25, 0.3) is 0 Å². The Morgan fingerprint density at radius 3 is 2.91 bits per heavy atom. The molecular weight excluding hydrogens is 138 g/mol. The Labute approximate surface area is 68.5 Å². The molecule has 2 saturated heterocycles. The van der Waals surface area contributed by atoms with Crippen LogP contribution < -0.4 is 0 Å². The molecule has 0 radical (unpaired) electrons. The summed E-state index contributed by atoms with van der Waals surface area (Å²) in [6, 6.07) is 0. The van der Waals surface area contributed by atoms with Gasteiger partial charge < -0.3 is 9.64 Å². The lowest BCUT2D eigenvalue weighted by Gasteiger charge is -2.37. The Morgan fingerprint density at radius 1 is 1.36 bits per heavy atom. The summed E-state index contributed by atoms with van der Waals surface area (Å²) >= 11 is 0. The highest BCUT2D eigenvalue weighted by Gasteiger charge is 2.37. The predicted octanol–water partition coefficient (Wildman–Crippen LogP) is 1.12. The van der Waals surface area contributed by atoms with E-state index in [1.54, 1.807) is 0 Å². The van der Waals surface area contributed by atoms with Gasteiger partial charge in [-0.2, -0.15) is 0 Å². The number of hydrogen-bond acceptors (Lipinski definition) is 2. The van der Waals surface area contributed by atoms with Gasteiger partial charge in [-0.15, -0.1) is 0 Å². The van der Waals surface area contributed by atoms with Gasteiger partial charge in [0.05, 0.1) is 6.61 Å². The topological polar surface area (TPSA) is 12.5 Å². The zero-order valence-corrected chi connectivity index (χ0v) is 7.31. The van der Waals surface area contributed by atoms with Crippen molar-refractivity contribution in [3.8, 4) is 0 Å². The highest BCUT2D eigenvalue weighted by atomic mass is 16.5. The van der Waals surface area contributed by atoms with Crippen molar-refractivity contribution in [3.05, 3.63) is 0 Å². The summed E-state index contributed by atoms with van der Waals surface area (Å²) in [5, 5.41) is 0. The van der Waals surface area contributed by atoms with Crippen LogP contribution in [0, 0.1) is 5.41 Å². The molecule has 0 saturated carbocycles. The number of ether oxygens (including phenoxy) is 1. The van der Waals surface area contributed by atoms with Gasteiger partial charge in [0.1, 0.15) is 0 Å². The second-order valence-corrected chi connectivity index (χ2v) is 4.14. The van der Waals surface area contributed by atoms with E-state index in [-0.39, 0.29) is 0 Å². The fraction of sp³-hybridized carbons (Fsp3) is 1.00. The van der Waals surface area contributed by atoms with E-state index in [0.29, 0.717) is 5.41 Å². The summed E-state index contributed by atoms with van der Waals surface area (Å²) in [4.78, 5) is 2.44. The second kappa shape index (κ2) is 2.76. The van der Waals surface area contributed by atoms with Gasteiger partial charge in [-0.3, -0.25) is 0 Å². The molecule has 2 heterocycles. The first-order valence-corrected chi connectivity index (χ1v) is 4.57. The molecule has 1 spiro atoms. The average Bonchev–Trinajstić information content (AvgIpc) is 2.37. The summed E-state index contributed by atoms with van der Waals surface area (Å²) in [6.07, 6.45) is 4.04. The Bertz CT molecular complexity index is 140. The fourth-order valence-electron chi connectivity index (χ4n) is 2.43. The molecule has 0 bridgehead atoms. The van der Waals surface area contributed by atoms with E-state index in [2.05, 4.69) is 11.9 Å². The van der Waals surface area contributed by atoms with Crippen molar-refractivity contribution in [3.63, 3.8) is 0 Å². The van der Waals surface area contributed by atoms with Gasteiger partial charge >= 0.3 is 0 Å². The van der Waals surface area contributed by atoms with Crippen molar-refractivity contribution in [2.45, 2.75) is 19.3 Å². The molecule has 1 unspecified atom stereocenters. The number of hydrogen-bond donors (Lipinski definition) is 0. The first-order chi connectivity index (χ1) is 5.31. The van der Waals surface area contributed by atoms with Crippen molar-refractivity contribution in [1.82, 2.24) is 4.90 Å². The van der Waals surface area contributed by atoms with Gasteiger partial charge in [0.15, 0.2) is 0 Å². The lowest BCUT2D eigenvalue weighted by atomic mass is 9.80. The Hall–Kier alpha value is -0.0800. The van der Waals surface area contributed by atoms with Crippen molar-refractivity contribution in [1.29, 1.82) is 0 Å². The second-order valence-electron chi connectivity index (χ2n) is 4.14. The maximum atomic E-state index is 5.46. The average molecular weight is 155 g/mol. The van der Waals surface area contributed by atoms with Crippen LogP contribution in [0.5, 0.6) is 0 Å². The summed E-state index contributed by atoms with van der Waals surface area (Å²) in [5.41, 5.74) is 0.549.